The van der Waals surface area contributed by atoms with Crippen LogP contribution in [-0.2, 0) is 10.2 Å². The fourth-order valence-electron chi connectivity index (χ4n) is 2.79. The minimum atomic E-state index is -0.459. The van der Waals surface area contributed by atoms with Gasteiger partial charge < -0.3 is 10.2 Å². The van der Waals surface area contributed by atoms with Crippen LogP contribution in [0, 0.1) is 0 Å². The summed E-state index contributed by atoms with van der Waals surface area (Å²) >= 11 is 12.3. The molecule has 116 valence electrons. The van der Waals surface area contributed by atoms with Crippen molar-refractivity contribution in [3.8, 4) is 0 Å². The van der Waals surface area contributed by atoms with Gasteiger partial charge in [-0.1, -0.05) is 35.7 Å². The minimum Gasteiger partial charge on any atom is -0.355 e. The van der Waals surface area contributed by atoms with Gasteiger partial charge in [-0.3, -0.25) is 4.79 Å². The molecule has 0 heterocycles. The molecule has 5 heteroatoms. The van der Waals surface area contributed by atoms with E-state index in [1.54, 1.807) is 6.07 Å². The first kappa shape index (κ1) is 16.6. The van der Waals surface area contributed by atoms with Crippen molar-refractivity contribution < 1.29 is 4.79 Å². The van der Waals surface area contributed by atoms with Gasteiger partial charge in [0.25, 0.3) is 0 Å². The van der Waals surface area contributed by atoms with Gasteiger partial charge in [0.05, 0.1) is 5.41 Å². The topological polar surface area (TPSA) is 32.3 Å². The molecular formula is C16H22Cl2N2O. The first-order chi connectivity index (χ1) is 9.95. The number of carbonyl (C=O) groups is 1. The van der Waals surface area contributed by atoms with E-state index in [0.717, 1.165) is 37.8 Å². The molecule has 2 rings (SSSR count). The lowest BCUT2D eigenvalue weighted by Gasteiger charge is -2.41. The van der Waals surface area contributed by atoms with E-state index in [9.17, 15) is 4.79 Å². The van der Waals surface area contributed by atoms with Crippen LogP contribution in [0.3, 0.4) is 0 Å². The van der Waals surface area contributed by atoms with Crippen molar-refractivity contribution >= 4 is 29.1 Å². The zero-order chi connectivity index (χ0) is 15.5. The summed E-state index contributed by atoms with van der Waals surface area (Å²) in [6.45, 7) is 1.67. The molecule has 1 aromatic rings. The zero-order valence-electron chi connectivity index (χ0n) is 12.6. The van der Waals surface area contributed by atoms with Crippen LogP contribution in [0.2, 0.25) is 10.0 Å². The largest absolute Gasteiger partial charge is 0.355 e. The Kier molecular flexibility index (Phi) is 5.53. The Balaban J connectivity index is 2.05. The van der Waals surface area contributed by atoms with Gasteiger partial charge in [0.2, 0.25) is 5.91 Å². The van der Waals surface area contributed by atoms with Gasteiger partial charge in [0.15, 0.2) is 0 Å². The molecule has 1 saturated carbocycles. The Hall–Kier alpha value is -0.770. The van der Waals surface area contributed by atoms with E-state index in [1.807, 2.05) is 26.2 Å². The summed E-state index contributed by atoms with van der Waals surface area (Å²) in [6.07, 6.45) is 3.72. The maximum absolute atomic E-state index is 12.6. The van der Waals surface area contributed by atoms with Gasteiger partial charge in [-0.05, 0) is 57.6 Å². The zero-order valence-corrected chi connectivity index (χ0v) is 14.1. The Morgan fingerprint density at radius 1 is 1.33 bits per heavy atom. The number of hydrogen-bond donors (Lipinski definition) is 1. The van der Waals surface area contributed by atoms with Crippen molar-refractivity contribution in [1.82, 2.24) is 10.2 Å². The summed E-state index contributed by atoms with van der Waals surface area (Å²) in [5.74, 6) is 0.0942. The van der Waals surface area contributed by atoms with E-state index in [1.165, 1.54) is 0 Å². The molecule has 0 bridgehead atoms. The second-order valence-corrected chi connectivity index (χ2v) is 6.82. The molecule has 1 aromatic carbocycles. The van der Waals surface area contributed by atoms with Crippen molar-refractivity contribution in [1.29, 1.82) is 0 Å². The third-order valence-corrected chi connectivity index (χ3v) is 4.70. The molecule has 1 N–H and O–H groups in total. The summed E-state index contributed by atoms with van der Waals surface area (Å²) in [7, 11) is 4.06. The van der Waals surface area contributed by atoms with Gasteiger partial charge in [-0.2, -0.15) is 0 Å². The summed E-state index contributed by atoms with van der Waals surface area (Å²) in [6, 6.07) is 5.42. The Morgan fingerprint density at radius 2 is 2.05 bits per heavy atom. The summed E-state index contributed by atoms with van der Waals surface area (Å²) < 4.78 is 0. The highest BCUT2D eigenvalue weighted by atomic mass is 35.5. The normalized spacial score (nSPS) is 16.6. The molecule has 0 aliphatic heterocycles. The monoisotopic (exact) mass is 328 g/mol. The molecule has 0 saturated heterocycles. The van der Waals surface area contributed by atoms with Crippen LogP contribution < -0.4 is 5.32 Å². The SMILES string of the molecule is CN(C)CCCNC(=O)C1(c2ccc(Cl)cc2Cl)CCC1. The first-order valence-corrected chi connectivity index (χ1v) is 8.10. The van der Waals surface area contributed by atoms with Crippen molar-refractivity contribution in [3.05, 3.63) is 33.8 Å². The highest BCUT2D eigenvalue weighted by Gasteiger charge is 2.46. The molecule has 1 fully saturated rings. The molecule has 0 atom stereocenters. The standard InChI is InChI=1S/C16H22Cl2N2O/c1-20(2)10-4-9-19-15(21)16(7-3-8-16)13-6-5-12(17)11-14(13)18/h5-6,11H,3-4,7-10H2,1-2H3,(H,19,21). The molecule has 1 amide bonds. The van der Waals surface area contributed by atoms with Gasteiger partial charge >= 0.3 is 0 Å². The number of carbonyl (C=O) groups excluding carboxylic acids is 1. The maximum atomic E-state index is 12.6. The fraction of sp³-hybridized carbons (Fsp3) is 0.562. The number of halogens is 2. The summed E-state index contributed by atoms with van der Waals surface area (Å²) in [5, 5.41) is 4.25. The molecule has 0 unspecified atom stereocenters. The van der Waals surface area contributed by atoms with Crippen molar-refractivity contribution in [3.63, 3.8) is 0 Å². The lowest BCUT2D eigenvalue weighted by molar-refractivity contribution is -0.129. The molecule has 21 heavy (non-hydrogen) atoms. The van der Waals surface area contributed by atoms with E-state index >= 15 is 0 Å². The van der Waals surface area contributed by atoms with E-state index < -0.39 is 5.41 Å². The fourth-order valence-corrected chi connectivity index (χ4v) is 3.38. The maximum Gasteiger partial charge on any atom is 0.230 e. The van der Waals surface area contributed by atoms with Crippen LogP contribution in [0.25, 0.3) is 0 Å². The van der Waals surface area contributed by atoms with E-state index in [4.69, 9.17) is 23.2 Å². The van der Waals surface area contributed by atoms with Gasteiger partial charge in [-0.25, -0.2) is 0 Å². The molecule has 1 aliphatic rings. The van der Waals surface area contributed by atoms with Crippen molar-refractivity contribution in [2.45, 2.75) is 31.1 Å². The van der Waals surface area contributed by atoms with Gasteiger partial charge in [-0.15, -0.1) is 0 Å². The quantitative estimate of drug-likeness (QED) is 0.811. The molecule has 1 aliphatic carbocycles. The average Bonchev–Trinajstić information content (AvgIpc) is 2.35. The number of rotatable bonds is 6. The second-order valence-electron chi connectivity index (χ2n) is 5.97. The Bertz CT molecular complexity index is 513. The summed E-state index contributed by atoms with van der Waals surface area (Å²) in [4.78, 5) is 14.7. The van der Waals surface area contributed by atoms with E-state index in [2.05, 4.69) is 10.2 Å². The van der Waals surface area contributed by atoms with Crippen LogP contribution in [0.15, 0.2) is 18.2 Å². The Labute approximate surface area is 136 Å². The highest BCUT2D eigenvalue weighted by molar-refractivity contribution is 6.35. The smallest absolute Gasteiger partial charge is 0.230 e. The molecular weight excluding hydrogens is 307 g/mol. The van der Waals surface area contributed by atoms with Gasteiger partial charge in [0, 0.05) is 16.6 Å². The molecule has 0 spiro atoms. The number of hydrogen-bond acceptors (Lipinski definition) is 2. The predicted octanol–water partition coefficient (Wildman–Crippen LogP) is 3.48. The highest BCUT2D eigenvalue weighted by Crippen LogP contribution is 2.46. The minimum absolute atomic E-state index is 0.0942. The number of nitrogens with zero attached hydrogens (tertiary/aromatic N) is 1. The first-order valence-electron chi connectivity index (χ1n) is 7.34. The molecule has 3 nitrogen and oxygen atoms in total. The lowest BCUT2D eigenvalue weighted by atomic mass is 9.63. The van der Waals surface area contributed by atoms with Crippen LogP contribution in [0.5, 0.6) is 0 Å². The third kappa shape index (κ3) is 3.71. The average molecular weight is 329 g/mol. The van der Waals surface area contributed by atoms with Crippen LogP contribution in [0.1, 0.15) is 31.2 Å². The van der Waals surface area contributed by atoms with Crippen molar-refractivity contribution in [2.24, 2.45) is 0 Å². The summed E-state index contributed by atoms with van der Waals surface area (Å²) in [5.41, 5.74) is 0.449. The Morgan fingerprint density at radius 3 is 2.57 bits per heavy atom. The molecule has 0 aromatic heterocycles. The van der Waals surface area contributed by atoms with Gasteiger partial charge in [0.1, 0.15) is 0 Å². The number of amides is 1. The number of benzene rings is 1. The predicted molar refractivity (Wildman–Crippen MR) is 88.2 cm³/mol. The van der Waals surface area contributed by atoms with Crippen LogP contribution >= 0.6 is 23.2 Å². The van der Waals surface area contributed by atoms with E-state index in [-0.39, 0.29) is 5.91 Å². The second kappa shape index (κ2) is 6.99. The van der Waals surface area contributed by atoms with E-state index in [0.29, 0.717) is 16.6 Å². The van der Waals surface area contributed by atoms with Crippen LogP contribution in [-0.4, -0.2) is 38.0 Å². The molecule has 0 radical (unpaired) electrons. The van der Waals surface area contributed by atoms with Crippen LogP contribution in [0.4, 0.5) is 0 Å². The van der Waals surface area contributed by atoms with Crippen molar-refractivity contribution in [2.75, 3.05) is 27.2 Å². The lowest BCUT2D eigenvalue weighted by Crippen LogP contribution is -2.49. The number of nitrogens with one attached hydrogen (secondary N) is 1. The third-order valence-electron chi connectivity index (χ3n) is 4.16.